The van der Waals surface area contributed by atoms with Gasteiger partial charge in [-0.3, -0.25) is 0 Å². The number of nitrogens with zero attached hydrogens (tertiary/aromatic N) is 2. The summed E-state index contributed by atoms with van der Waals surface area (Å²) in [6.07, 6.45) is -4.00. The van der Waals surface area contributed by atoms with E-state index < -0.39 is 12.3 Å². The average molecular weight is 252 g/mol. The highest BCUT2D eigenvalue weighted by molar-refractivity contribution is 5.90. The molecule has 1 heterocycles. The van der Waals surface area contributed by atoms with Crippen LogP contribution in [0.25, 0.3) is 0 Å². The third kappa shape index (κ3) is 4.08. The standard InChI is InChI=1S/C8H9F3N2O2.C2H6/c1-3-15-7(14)6-4-13(8(9,10)11)12-5(6)2;1-2/h4H,3H2,1-2H3;1-2H3. The Morgan fingerprint density at radius 1 is 1.47 bits per heavy atom. The zero-order chi connectivity index (χ0) is 13.6. The first-order chi connectivity index (χ1) is 7.86. The minimum Gasteiger partial charge on any atom is -0.462 e. The number of rotatable bonds is 2. The Kier molecular flexibility index (Phi) is 5.70. The fraction of sp³-hybridized carbons (Fsp3) is 0.600. The molecule has 0 radical (unpaired) electrons. The van der Waals surface area contributed by atoms with E-state index in [1.54, 1.807) is 6.92 Å². The Bertz CT molecular complexity index is 372. The van der Waals surface area contributed by atoms with Crippen LogP contribution in [0.3, 0.4) is 0 Å². The number of esters is 1. The van der Waals surface area contributed by atoms with Crippen LogP contribution in [0.4, 0.5) is 13.2 Å². The normalized spacial score (nSPS) is 10.5. The summed E-state index contributed by atoms with van der Waals surface area (Å²) in [5.41, 5.74) is -0.181. The van der Waals surface area contributed by atoms with Crippen LogP contribution in [0.15, 0.2) is 6.20 Å². The van der Waals surface area contributed by atoms with Crippen LogP contribution >= 0.6 is 0 Å². The molecule has 0 N–H and O–H groups in total. The fourth-order valence-electron chi connectivity index (χ4n) is 0.999. The lowest BCUT2D eigenvalue weighted by Crippen LogP contribution is -2.17. The number of aryl methyl sites for hydroxylation is 1. The minimum absolute atomic E-state index is 0.00854. The molecule has 7 heteroatoms. The summed E-state index contributed by atoms with van der Waals surface area (Å²) in [7, 11) is 0. The smallest absolute Gasteiger partial charge is 0.462 e. The summed E-state index contributed by atoms with van der Waals surface area (Å²) in [6, 6.07) is 0. The van der Waals surface area contributed by atoms with E-state index in [9.17, 15) is 18.0 Å². The zero-order valence-electron chi connectivity index (χ0n) is 10.1. The lowest BCUT2D eigenvalue weighted by Gasteiger charge is -2.03. The van der Waals surface area contributed by atoms with Gasteiger partial charge < -0.3 is 4.74 Å². The molecule has 0 aromatic carbocycles. The molecule has 0 unspecified atom stereocenters. The summed E-state index contributed by atoms with van der Waals surface area (Å²) < 4.78 is 40.9. The van der Waals surface area contributed by atoms with Gasteiger partial charge in [0.2, 0.25) is 0 Å². The fourth-order valence-corrected chi connectivity index (χ4v) is 0.999. The summed E-state index contributed by atoms with van der Waals surface area (Å²) >= 11 is 0. The Morgan fingerprint density at radius 2 is 2.00 bits per heavy atom. The maximum absolute atomic E-state index is 12.2. The number of aromatic nitrogens is 2. The van der Waals surface area contributed by atoms with Gasteiger partial charge in [0, 0.05) is 6.20 Å². The molecule has 98 valence electrons. The molecule has 1 aromatic rings. The molecular weight excluding hydrogens is 237 g/mol. The monoisotopic (exact) mass is 252 g/mol. The molecule has 1 aromatic heterocycles. The lowest BCUT2D eigenvalue weighted by molar-refractivity contribution is -0.212. The van der Waals surface area contributed by atoms with Crippen molar-refractivity contribution in [2.75, 3.05) is 6.61 Å². The Labute approximate surface area is 97.4 Å². The molecule has 0 aliphatic heterocycles. The molecule has 0 saturated carbocycles. The van der Waals surface area contributed by atoms with E-state index >= 15 is 0 Å². The minimum atomic E-state index is -4.62. The van der Waals surface area contributed by atoms with Gasteiger partial charge in [-0.25, -0.2) is 4.79 Å². The summed E-state index contributed by atoms with van der Waals surface area (Å²) in [6.45, 7) is 6.99. The maximum atomic E-state index is 12.2. The van der Waals surface area contributed by atoms with Crippen LogP contribution < -0.4 is 0 Å². The molecule has 0 bridgehead atoms. The largest absolute Gasteiger partial charge is 0.504 e. The third-order valence-corrected chi connectivity index (χ3v) is 1.65. The van der Waals surface area contributed by atoms with Crippen LogP contribution in [-0.2, 0) is 11.0 Å². The van der Waals surface area contributed by atoms with E-state index in [1.807, 2.05) is 13.8 Å². The Balaban J connectivity index is 0.00000121. The topological polar surface area (TPSA) is 44.1 Å². The first kappa shape index (κ1) is 15.5. The van der Waals surface area contributed by atoms with Gasteiger partial charge in [0.15, 0.2) is 0 Å². The van der Waals surface area contributed by atoms with Crippen molar-refractivity contribution in [3.63, 3.8) is 0 Å². The van der Waals surface area contributed by atoms with Crippen LogP contribution in [0.2, 0.25) is 0 Å². The zero-order valence-corrected chi connectivity index (χ0v) is 10.1. The molecule has 0 saturated heterocycles. The second kappa shape index (κ2) is 6.27. The molecule has 0 amide bonds. The van der Waals surface area contributed by atoms with Crippen molar-refractivity contribution >= 4 is 5.97 Å². The lowest BCUT2D eigenvalue weighted by atomic mass is 10.3. The highest BCUT2D eigenvalue weighted by Crippen LogP contribution is 2.22. The number of carbonyl (C=O) groups excluding carboxylic acids is 1. The summed E-state index contributed by atoms with van der Waals surface area (Å²) in [4.78, 5) is 11.2. The number of halogens is 3. The van der Waals surface area contributed by atoms with E-state index in [0.29, 0.717) is 6.20 Å². The summed E-state index contributed by atoms with van der Waals surface area (Å²) in [5.74, 6) is -0.800. The van der Waals surface area contributed by atoms with E-state index in [2.05, 4.69) is 9.84 Å². The predicted octanol–water partition coefficient (Wildman–Crippen LogP) is 2.87. The van der Waals surface area contributed by atoms with Crippen LogP contribution in [0, 0.1) is 6.92 Å². The van der Waals surface area contributed by atoms with Gasteiger partial charge >= 0.3 is 12.3 Å². The number of carbonyl (C=O) groups is 1. The van der Waals surface area contributed by atoms with Gasteiger partial charge in [0.1, 0.15) is 5.56 Å². The number of hydrogen-bond acceptors (Lipinski definition) is 3. The molecule has 17 heavy (non-hydrogen) atoms. The van der Waals surface area contributed by atoms with Crippen molar-refractivity contribution in [3.8, 4) is 0 Å². The van der Waals surface area contributed by atoms with E-state index in [-0.39, 0.29) is 22.5 Å². The van der Waals surface area contributed by atoms with Crippen molar-refractivity contribution in [1.82, 2.24) is 9.78 Å². The summed E-state index contributed by atoms with van der Waals surface area (Å²) in [5, 5.41) is 3.18. The SMILES string of the molecule is CC.CCOC(=O)c1cn(C(F)(F)F)nc1C. The van der Waals surface area contributed by atoms with Crippen LogP contribution in [0.1, 0.15) is 36.8 Å². The quantitative estimate of drug-likeness (QED) is 0.760. The molecule has 0 aliphatic rings. The molecule has 4 nitrogen and oxygen atoms in total. The van der Waals surface area contributed by atoms with E-state index in [1.165, 1.54) is 6.92 Å². The van der Waals surface area contributed by atoms with Crippen molar-refractivity contribution in [2.24, 2.45) is 0 Å². The Hall–Kier alpha value is -1.53. The third-order valence-electron chi connectivity index (χ3n) is 1.65. The molecular formula is C10H15F3N2O2. The number of alkyl halides is 3. The highest BCUT2D eigenvalue weighted by Gasteiger charge is 2.33. The van der Waals surface area contributed by atoms with Crippen LogP contribution in [0.5, 0.6) is 0 Å². The van der Waals surface area contributed by atoms with E-state index in [0.717, 1.165) is 0 Å². The number of hydrogen-bond donors (Lipinski definition) is 0. The first-order valence-corrected chi connectivity index (χ1v) is 5.17. The van der Waals surface area contributed by atoms with Gasteiger partial charge in [-0.2, -0.15) is 9.78 Å². The first-order valence-electron chi connectivity index (χ1n) is 5.17. The molecule has 0 aliphatic carbocycles. The van der Waals surface area contributed by atoms with Crippen LogP contribution in [-0.4, -0.2) is 22.4 Å². The van der Waals surface area contributed by atoms with Crippen molar-refractivity contribution in [2.45, 2.75) is 34.0 Å². The highest BCUT2D eigenvalue weighted by atomic mass is 19.4. The average Bonchev–Trinajstić information content (AvgIpc) is 2.63. The van der Waals surface area contributed by atoms with Gasteiger partial charge in [-0.1, -0.05) is 13.8 Å². The maximum Gasteiger partial charge on any atom is 0.504 e. The van der Waals surface area contributed by atoms with Gasteiger partial charge in [0.05, 0.1) is 12.3 Å². The number of ether oxygens (including phenoxy) is 1. The predicted molar refractivity (Wildman–Crippen MR) is 55.6 cm³/mol. The van der Waals surface area contributed by atoms with Gasteiger partial charge in [-0.15, -0.1) is 13.2 Å². The second-order valence-electron chi connectivity index (χ2n) is 2.76. The second-order valence-corrected chi connectivity index (χ2v) is 2.76. The van der Waals surface area contributed by atoms with Crippen molar-refractivity contribution in [1.29, 1.82) is 0 Å². The van der Waals surface area contributed by atoms with Gasteiger partial charge in [-0.05, 0) is 13.8 Å². The molecule has 1 rings (SSSR count). The molecule has 0 fully saturated rings. The van der Waals surface area contributed by atoms with Crippen molar-refractivity contribution < 1.29 is 22.7 Å². The van der Waals surface area contributed by atoms with E-state index in [4.69, 9.17) is 0 Å². The molecule has 0 spiro atoms. The van der Waals surface area contributed by atoms with Crippen molar-refractivity contribution in [3.05, 3.63) is 17.5 Å². The van der Waals surface area contributed by atoms with Gasteiger partial charge in [0.25, 0.3) is 0 Å². The molecule has 0 atom stereocenters. The Morgan fingerprint density at radius 3 is 2.35 bits per heavy atom.